The van der Waals surface area contributed by atoms with Crippen LogP contribution in [0, 0.1) is 6.92 Å². The Labute approximate surface area is 164 Å². The van der Waals surface area contributed by atoms with Crippen molar-refractivity contribution >= 4 is 44.6 Å². The highest BCUT2D eigenvalue weighted by Gasteiger charge is 2.10. The maximum absolute atomic E-state index is 12.1. The lowest BCUT2D eigenvalue weighted by Gasteiger charge is -2.06. The number of anilines is 1. The molecule has 0 fully saturated rings. The van der Waals surface area contributed by atoms with Crippen LogP contribution >= 0.6 is 27.3 Å². The van der Waals surface area contributed by atoms with Gasteiger partial charge >= 0.3 is 0 Å². The standard InChI is InChI=1S/C20H17BrN2O2S/c1-13-22-18(12-26-13)14-4-8-17(9-5-14)23-20(25)11-10-19(24)15-2-6-16(21)7-3-15/h2-9,12H,10-11H2,1H3,(H,23,25). The first kappa shape index (κ1) is 18.5. The van der Waals surface area contributed by atoms with Crippen LogP contribution in [-0.4, -0.2) is 16.7 Å². The van der Waals surface area contributed by atoms with Gasteiger partial charge in [-0.2, -0.15) is 0 Å². The molecule has 0 aliphatic rings. The summed E-state index contributed by atoms with van der Waals surface area (Å²) in [6.07, 6.45) is 0.339. The lowest BCUT2D eigenvalue weighted by atomic mass is 10.1. The predicted octanol–water partition coefficient (Wildman–Crippen LogP) is 5.48. The van der Waals surface area contributed by atoms with Crippen molar-refractivity contribution in [2.45, 2.75) is 19.8 Å². The van der Waals surface area contributed by atoms with Crippen molar-refractivity contribution in [1.29, 1.82) is 0 Å². The second kappa shape index (κ2) is 8.38. The van der Waals surface area contributed by atoms with Gasteiger partial charge in [0.15, 0.2) is 5.78 Å². The van der Waals surface area contributed by atoms with Gasteiger partial charge in [0.05, 0.1) is 10.7 Å². The largest absolute Gasteiger partial charge is 0.326 e. The highest BCUT2D eigenvalue weighted by Crippen LogP contribution is 2.23. The average molecular weight is 429 g/mol. The monoisotopic (exact) mass is 428 g/mol. The first-order valence-corrected chi connectivity index (χ1v) is 9.80. The van der Waals surface area contributed by atoms with Gasteiger partial charge in [0, 0.05) is 39.5 Å². The molecule has 0 spiro atoms. The van der Waals surface area contributed by atoms with Gasteiger partial charge in [0.1, 0.15) is 0 Å². The minimum Gasteiger partial charge on any atom is -0.326 e. The van der Waals surface area contributed by atoms with Gasteiger partial charge in [0.25, 0.3) is 0 Å². The lowest BCUT2D eigenvalue weighted by molar-refractivity contribution is -0.116. The van der Waals surface area contributed by atoms with Crippen molar-refractivity contribution in [3.05, 3.63) is 69.0 Å². The number of benzene rings is 2. The van der Waals surface area contributed by atoms with Crippen LogP contribution < -0.4 is 5.32 Å². The molecule has 2 aromatic carbocycles. The molecule has 26 heavy (non-hydrogen) atoms. The van der Waals surface area contributed by atoms with Crippen molar-refractivity contribution in [1.82, 2.24) is 4.98 Å². The van der Waals surface area contributed by atoms with Crippen molar-refractivity contribution in [2.75, 3.05) is 5.32 Å². The normalized spacial score (nSPS) is 10.5. The second-order valence-corrected chi connectivity index (χ2v) is 7.79. The van der Waals surface area contributed by atoms with E-state index in [2.05, 4.69) is 26.2 Å². The molecule has 1 amide bonds. The number of aryl methyl sites for hydroxylation is 1. The molecule has 1 heterocycles. The van der Waals surface area contributed by atoms with Crippen LogP contribution in [0.5, 0.6) is 0 Å². The Morgan fingerprint density at radius 2 is 1.73 bits per heavy atom. The van der Waals surface area contributed by atoms with Gasteiger partial charge in [-0.1, -0.05) is 40.2 Å². The van der Waals surface area contributed by atoms with E-state index in [1.807, 2.05) is 48.7 Å². The molecule has 0 atom stereocenters. The Morgan fingerprint density at radius 3 is 2.35 bits per heavy atom. The number of carbonyl (C=O) groups is 2. The number of carbonyl (C=O) groups excluding carboxylic acids is 2. The zero-order valence-electron chi connectivity index (χ0n) is 14.2. The van der Waals surface area contributed by atoms with Gasteiger partial charge in [-0.15, -0.1) is 11.3 Å². The molecule has 3 rings (SSSR count). The van der Waals surface area contributed by atoms with E-state index in [0.29, 0.717) is 11.3 Å². The molecule has 0 aliphatic heterocycles. The maximum atomic E-state index is 12.1. The van der Waals surface area contributed by atoms with Crippen LogP contribution in [0.1, 0.15) is 28.2 Å². The summed E-state index contributed by atoms with van der Waals surface area (Å²) in [6, 6.07) is 14.7. The highest BCUT2D eigenvalue weighted by atomic mass is 79.9. The van der Waals surface area contributed by atoms with E-state index in [-0.39, 0.29) is 24.5 Å². The number of hydrogen-bond acceptors (Lipinski definition) is 4. The average Bonchev–Trinajstić information content (AvgIpc) is 3.07. The number of Topliss-reactive ketones (excluding diaryl/α,β-unsaturated/α-hetero) is 1. The SMILES string of the molecule is Cc1nc(-c2ccc(NC(=O)CCC(=O)c3ccc(Br)cc3)cc2)cs1. The van der Waals surface area contributed by atoms with Crippen LogP contribution in [-0.2, 0) is 4.79 Å². The smallest absolute Gasteiger partial charge is 0.224 e. The first-order chi connectivity index (χ1) is 12.5. The topological polar surface area (TPSA) is 59.1 Å². The summed E-state index contributed by atoms with van der Waals surface area (Å²) in [5, 5.41) is 5.86. The maximum Gasteiger partial charge on any atom is 0.224 e. The summed E-state index contributed by atoms with van der Waals surface area (Å²) in [6.45, 7) is 1.97. The zero-order chi connectivity index (χ0) is 18.5. The van der Waals surface area contributed by atoms with Gasteiger partial charge in [-0.3, -0.25) is 9.59 Å². The quantitative estimate of drug-likeness (QED) is 0.528. The molecule has 1 N–H and O–H groups in total. The Bertz CT molecular complexity index is 918. The second-order valence-electron chi connectivity index (χ2n) is 5.81. The van der Waals surface area contributed by atoms with Gasteiger partial charge in [-0.25, -0.2) is 4.98 Å². The van der Waals surface area contributed by atoms with Gasteiger partial charge < -0.3 is 5.32 Å². The van der Waals surface area contributed by atoms with Crippen LogP contribution in [0.2, 0.25) is 0 Å². The van der Waals surface area contributed by atoms with Crippen LogP contribution in [0.4, 0.5) is 5.69 Å². The van der Waals surface area contributed by atoms with Crippen LogP contribution in [0.3, 0.4) is 0 Å². The molecule has 0 saturated carbocycles. The van der Waals surface area contributed by atoms with E-state index in [1.165, 1.54) is 0 Å². The fraction of sp³-hybridized carbons (Fsp3) is 0.150. The number of nitrogens with zero attached hydrogens (tertiary/aromatic N) is 1. The Hall–Kier alpha value is -2.31. The molecule has 0 bridgehead atoms. The van der Waals surface area contributed by atoms with Crippen molar-refractivity contribution in [2.24, 2.45) is 0 Å². The number of amides is 1. The third-order valence-corrected chi connectivity index (χ3v) is 5.13. The van der Waals surface area contributed by atoms with E-state index in [9.17, 15) is 9.59 Å². The third kappa shape index (κ3) is 4.86. The number of thiazole rings is 1. The van der Waals surface area contributed by atoms with Gasteiger partial charge in [0.2, 0.25) is 5.91 Å². The molecule has 4 nitrogen and oxygen atoms in total. The molecular formula is C20H17BrN2O2S. The Kier molecular flexibility index (Phi) is 5.96. The molecule has 132 valence electrons. The summed E-state index contributed by atoms with van der Waals surface area (Å²) in [5.74, 6) is -0.213. The summed E-state index contributed by atoms with van der Waals surface area (Å²) < 4.78 is 0.919. The first-order valence-electron chi connectivity index (χ1n) is 8.12. The van der Waals surface area contributed by atoms with E-state index >= 15 is 0 Å². The van der Waals surface area contributed by atoms with E-state index < -0.39 is 0 Å². The number of aromatic nitrogens is 1. The molecule has 0 radical (unpaired) electrons. The summed E-state index contributed by atoms with van der Waals surface area (Å²) in [7, 11) is 0. The minimum atomic E-state index is -0.173. The van der Waals surface area contributed by atoms with E-state index in [4.69, 9.17) is 0 Å². The van der Waals surface area contributed by atoms with Crippen LogP contribution in [0.25, 0.3) is 11.3 Å². The summed E-state index contributed by atoms with van der Waals surface area (Å²) in [4.78, 5) is 28.6. The fourth-order valence-electron chi connectivity index (χ4n) is 2.45. The number of rotatable bonds is 6. The number of halogens is 1. The summed E-state index contributed by atoms with van der Waals surface area (Å²) >= 11 is 4.94. The summed E-state index contributed by atoms with van der Waals surface area (Å²) in [5.41, 5.74) is 3.27. The highest BCUT2D eigenvalue weighted by molar-refractivity contribution is 9.10. The van der Waals surface area contributed by atoms with E-state index in [0.717, 1.165) is 20.7 Å². The third-order valence-electron chi connectivity index (χ3n) is 3.83. The Morgan fingerprint density at radius 1 is 1.04 bits per heavy atom. The van der Waals surface area contributed by atoms with Crippen molar-refractivity contribution in [3.63, 3.8) is 0 Å². The molecule has 0 aliphatic carbocycles. The Balaban J connectivity index is 1.53. The van der Waals surface area contributed by atoms with E-state index in [1.54, 1.807) is 23.5 Å². The van der Waals surface area contributed by atoms with Crippen LogP contribution in [0.15, 0.2) is 58.4 Å². The number of ketones is 1. The fourth-order valence-corrected chi connectivity index (χ4v) is 3.34. The molecule has 0 saturated heterocycles. The zero-order valence-corrected chi connectivity index (χ0v) is 16.6. The molecule has 1 aromatic heterocycles. The number of nitrogens with one attached hydrogen (secondary N) is 1. The molecule has 0 unspecified atom stereocenters. The predicted molar refractivity (Wildman–Crippen MR) is 109 cm³/mol. The molecule has 3 aromatic rings. The number of hydrogen-bond donors (Lipinski definition) is 1. The molecule has 6 heteroatoms. The minimum absolute atomic E-state index is 0.0399. The molecular weight excluding hydrogens is 412 g/mol. The lowest BCUT2D eigenvalue weighted by Crippen LogP contribution is -2.13. The van der Waals surface area contributed by atoms with Crippen molar-refractivity contribution < 1.29 is 9.59 Å². The van der Waals surface area contributed by atoms with Gasteiger partial charge in [-0.05, 0) is 31.2 Å². The van der Waals surface area contributed by atoms with Crippen molar-refractivity contribution in [3.8, 4) is 11.3 Å².